The maximum Gasteiger partial charge on any atom is 0.277 e. The van der Waals surface area contributed by atoms with E-state index in [2.05, 4.69) is 15.4 Å². The van der Waals surface area contributed by atoms with Gasteiger partial charge in [-0.05, 0) is 36.8 Å². The molecule has 1 fully saturated rings. The summed E-state index contributed by atoms with van der Waals surface area (Å²) in [6.07, 6.45) is 0. The highest BCUT2D eigenvalue weighted by Crippen LogP contribution is 2.17. The molecule has 6 nitrogen and oxygen atoms in total. The van der Waals surface area contributed by atoms with Crippen molar-refractivity contribution in [3.63, 3.8) is 0 Å². The molecule has 2 aromatic rings. The van der Waals surface area contributed by atoms with E-state index in [1.165, 1.54) is 12.1 Å². The van der Waals surface area contributed by atoms with Gasteiger partial charge in [0.25, 0.3) is 5.91 Å². The van der Waals surface area contributed by atoms with Crippen LogP contribution in [-0.4, -0.2) is 44.5 Å². The van der Waals surface area contributed by atoms with Gasteiger partial charge in [-0.3, -0.25) is 4.79 Å². The fraction of sp³-hybridized carbons (Fsp3) is 0.300. The summed E-state index contributed by atoms with van der Waals surface area (Å²) >= 11 is 0. The zero-order chi connectivity index (χ0) is 19.1. The summed E-state index contributed by atoms with van der Waals surface area (Å²) in [5.74, 6) is -0.931. The molecule has 0 aromatic heterocycles. The Balaban J connectivity index is 1.52. The number of para-hydroxylation sites is 1. The van der Waals surface area contributed by atoms with Crippen LogP contribution in [0.2, 0.25) is 0 Å². The number of carbonyl (C=O) groups excluding carboxylic acids is 1. The first-order valence-corrected chi connectivity index (χ1v) is 8.77. The van der Waals surface area contributed by atoms with E-state index in [1.807, 2.05) is 31.2 Å². The van der Waals surface area contributed by atoms with Crippen molar-refractivity contribution in [2.24, 2.45) is 5.10 Å². The third-order valence-electron chi connectivity index (χ3n) is 4.21. The quantitative estimate of drug-likeness (QED) is 0.626. The molecule has 1 saturated heterocycles. The van der Waals surface area contributed by atoms with Crippen molar-refractivity contribution in [2.75, 3.05) is 37.8 Å². The molecule has 1 amide bonds. The van der Waals surface area contributed by atoms with Crippen LogP contribution < -0.4 is 15.1 Å². The first kappa shape index (κ1) is 18.8. The van der Waals surface area contributed by atoms with E-state index in [0.29, 0.717) is 5.71 Å². The lowest BCUT2D eigenvalue weighted by Gasteiger charge is -2.28. The van der Waals surface area contributed by atoms with Gasteiger partial charge in [-0.15, -0.1) is 0 Å². The van der Waals surface area contributed by atoms with Crippen molar-refractivity contribution >= 4 is 17.3 Å². The fourth-order valence-electron chi connectivity index (χ4n) is 2.68. The topological polar surface area (TPSA) is 63.2 Å². The van der Waals surface area contributed by atoms with Gasteiger partial charge < -0.3 is 14.4 Å². The van der Waals surface area contributed by atoms with Crippen LogP contribution in [0.5, 0.6) is 5.75 Å². The molecule has 1 heterocycles. The Morgan fingerprint density at radius 3 is 2.59 bits per heavy atom. The summed E-state index contributed by atoms with van der Waals surface area (Å²) in [5.41, 5.74) is 5.13. The summed E-state index contributed by atoms with van der Waals surface area (Å²) in [6, 6.07) is 13.9. The van der Waals surface area contributed by atoms with Gasteiger partial charge in [0.15, 0.2) is 18.2 Å². The van der Waals surface area contributed by atoms with Crippen LogP contribution in [0.3, 0.4) is 0 Å². The predicted molar refractivity (Wildman–Crippen MR) is 102 cm³/mol. The Labute approximate surface area is 157 Å². The first-order valence-electron chi connectivity index (χ1n) is 8.77. The number of benzene rings is 2. The van der Waals surface area contributed by atoms with Crippen LogP contribution in [0.4, 0.5) is 10.1 Å². The smallest absolute Gasteiger partial charge is 0.277 e. The Kier molecular flexibility index (Phi) is 6.38. The summed E-state index contributed by atoms with van der Waals surface area (Å²) in [7, 11) is 0. The van der Waals surface area contributed by atoms with Gasteiger partial charge in [0.05, 0.1) is 18.9 Å². The summed E-state index contributed by atoms with van der Waals surface area (Å²) in [4.78, 5) is 14.1. The lowest BCUT2D eigenvalue weighted by Crippen LogP contribution is -2.36. The molecule has 1 aliphatic rings. The molecule has 0 atom stereocenters. The van der Waals surface area contributed by atoms with Crippen molar-refractivity contribution < 1.29 is 18.7 Å². The minimum absolute atomic E-state index is 0.0343. The highest BCUT2D eigenvalue weighted by Gasteiger charge is 2.11. The Morgan fingerprint density at radius 2 is 1.89 bits per heavy atom. The molecule has 3 rings (SSSR count). The van der Waals surface area contributed by atoms with E-state index >= 15 is 0 Å². The molecule has 0 radical (unpaired) electrons. The van der Waals surface area contributed by atoms with Crippen LogP contribution in [0.1, 0.15) is 12.5 Å². The molecular formula is C20H22FN3O3. The highest BCUT2D eigenvalue weighted by molar-refractivity contribution is 5.99. The maximum absolute atomic E-state index is 13.4. The van der Waals surface area contributed by atoms with Crippen molar-refractivity contribution in [2.45, 2.75) is 6.92 Å². The van der Waals surface area contributed by atoms with E-state index in [-0.39, 0.29) is 12.4 Å². The van der Waals surface area contributed by atoms with Gasteiger partial charge in [0.1, 0.15) is 0 Å². The van der Waals surface area contributed by atoms with Crippen LogP contribution in [0.25, 0.3) is 0 Å². The predicted octanol–water partition coefficient (Wildman–Crippen LogP) is 2.58. The van der Waals surface area contributed by atoms with E-state index < -0.39 is 11.7 Å². The zero-order valence-electron chi connectivity index (χ0n) is 15.2. The number of hydrogen-bond donors (Lipinski definition) is 1. The molecular weight excluding hydrogens is 349 g/mol. The van der Waals surface area contributed by atoms with Gasteiger partial charge in [-0.2, -0.15) is 5.10 Å². The number of hydrogen-bond acceptors (Lipinski definition) is 5. The molecule has 0 aliphatic carbocycles. The Morgan fingerprint density at radius 1 is 1.19 bits per heavy atom. The number of morpholine rings is 1. The van der Waals surface area contributed by atoms with E-state index in [0.717, 1.165) is 37.6 Å². The van der Waals surface area contributed by atoms with Crippen LogP contribution in [-0.2, 0) is 9.53 Å². The third kappa shape index (κ3) is 5.27. The van der Waals surface area contributed by atoms with E-state index in [9.17, 15) is 9.18 Å². The molecule has 142 valence electrons. The molecule has 1 N–H and O–H groups in total. The van der Waals surface area contributed by atoms with E-state index in [1.54, 1.807) is 12.1 Å². The monoisotopic (exact) mass is 371 g/mol. The molecule has 0 spiro atoms. The molecule has 7 heteroatoms. The van der Waals surface area contributed by atoms with Gasteiger partial charge in [0.2, 0.25) is 0 Å². The summed E-state index contributed by atoms with van der Waals surface area (Å²) < 4.78 is 24.0. The number of nitrogens with zero attached hydrogens (tertiary/aromatic N) is 2. The molecule has 1 aliphatic heterocycles. The number of halogens is 1. The lowest BCUT2D eigenvalue weighted by atomic mass is 10.1. The van der Waals surface area contributed by atoms with Crippen molar-refractivity contribution in [1.29, 1.82) is 0 Å². The second-order valence-electron chi connectivity index (χ2n) is 6.10. The Hall–Kier alpha value is -2.93. The average molecular weight is 371 g/mol. The van der Waals surface area contributed by atoms with Crippen molar-refractivity contribution in [3.05, 3.63) is 59.9 Å². The normalized spacial score (nSPS) is 14.7. The zero-order valence-corrected chi connectivity index (χ0v) is 15.2. The van der Waals surface area contributed by atoms with Crippen LogP contribution in [0, 0.1) is 5.82 Å². The third-order valence-corrected chi connectivity index (χ3v) is 4.21. The number of amides is 1. The minimum atomic E-state index is -0.509. The molecule has 2 aromatic carbocycles. The minimum Gasteiger partial charge on any atom is -0.481 e. The second-order valence-corrected chi connectivity index (χ2v) is 6.10. The lowest BCUT2D eigenvalue weighted by molar-refractivity contribution is -0.123. The summed E-state index contributed by atoms with van der Waals surface area (Å²) in [5, 5.41) is 4.08. The standard InChI is InChI=1S/C20H22FN3O3/c1-15(16-6-8-17(9-7-16)24-10-12-26-13-11-24)22-23-20(25)14-27-19-5-3-2-4-18(19)21/h2-9H,10-14H2,1H3,(H,23,25). The molecule has 27 heavy (non-hydrogen) atoms. The maximum atomic E-state index is 13.4. The average Bonchev–Trinajstić information content (AvgIpc) is 2.72. The Bertz CT molecular complexity index is 802. The number of hydrazone groups is 1. The summed E-state index contributed by atoms with van der Waals surface area (Å²) in [6.45, 7) is 4.73. The number of nitrogens with one attached hydrogen (secondary N) is 1. The number of carbonyl (C=O) groups is 1. The van der Waals surface area contributed by atoms with E-state index in [4.69, 9.17) is 9.47 Å². The SMILES string of the molecule is CC(=NNC(=O)COc1ccccc1F)c1ccc(N2CCOCC2)cc1. The fourth-order valence-corrected chi connectivity index (χ4v) is 2.68. The number of anilines is 1. The van der Waals surface area contributed by atoms with Crippen molar-refractivity contribution in [1.82, 2.24) is 5.43 Å². The van der Waals surface area contributed by atoms with Crippen LogP contribution in [0.15, 0.2) is 53.6 Å². The molecule has 0 unspecified atom stereocenters. The molecule has 0 bridgehead atoms. The highest BCUT2D eigenvalue weighted by atomic mass is 19.1. The first-order chi connectivity index (χ1) is 13.1. The largest absolute Gasteiger partial charge is 0.481 e. The van der Waals surface area contributed by atoms with Gasteiger partial charge in [0, 0.05) is 18.8 Å². The van der Waals surface area contributed by atoms with Crippen LogP contribution >= 0.6 is 0 Å². The second kappa shape index (κ2) is 9.14. The van der Waals surface area contributed by atoms with Gasteiger partial charge >= 0.3 is 0 Å². The van der Waals surface area contributed by atoms with Crippen molar-refractivity contribution in [3.8, 4) is 5.75 Å². The number of rotatable bonds is 6. The number of ether oxygens (including phenoxy) is 2. The van der Waals surface area contributed by atoms with Gasteiger partial charge in [-0.25, -0.2) is 9.82 Å². The molecule has 0 saturated carbocycles. The van der Waals surface area contributed by atoms with Gasteiger partial charge in [-0.1, -0.05) is 24.3 Å².